The quantitative estimate of drug-likeness (QED) is 0.780. The third kappa shape index (κ3) is 5.54. The number of carboxylic acid groups (broad SMARTS) is 1. The van der Waals surface area contributed by atoms with Crippen LogP contribution in [0.25, 0.3) is 0 Å². The number of hydrogen-bond donors (Lipinski definition) is 2. The van der Waals surface area contributed by atoms with Crippen LogP contribution >= 0.6 is 0 Å². The van der Waals surface area contributed by atoms with Crippen LogP contribution in [-0.2, 0) is 22.4 Å². The third-order valence-electron chi connectivity index (χ3n) is 3.95. The number of hydrogen-bond acceptors (Lipinski definition) is 2. The molecule has 2 aromatic rings. The highest BCUT2D eigenvalue weighted by atomic mass is 16.4. The Kier molecular flexibility index (Phi) is 6.55. The van der Waals surface area contributed by atoms with Gasteiger partial charge in [-0.2, -0.15) is 0 Å². The molecule has 1 unspecified atom stereocenters. The van der Waals surface area contributed by atoms with Crippen molar-refractivity contribution in [3.8, 4) is 0 Å². The molecule has 1 amide bonds. The number of amides is 1. The topological polar surface area (TPSA) is 66.4 Å². The van der Waals surface area contributed by atoms with Crippen LogP contribution in [0.1, 0.15) is 42.5 Å². The molecule has 2 N–H and O–H groups in total. The van der Waals surface area contributed by atoms with Crippen LogP contribution in [0.3, 0.4) is 0 Å². The summed E-state index contributed by atoms with van der Waals surface area (Å²) in [5, 5.41) is 11.9. The molecule has 0 radical (unpaired) electrons. The number of carboxylic acids is 1. The monoisotopic (exact) mass is 325 g/mol. The Hall–Kier alpha value is -2.62. The first-order chi connectivity index (χ1) is 11.6. The molecule has 24 heavy (non-hydrogen) atoms. The van der Waals surface area contributed by atoms with Gasteiger partial charge >= 0.3 is 5.97 Å². The minimum atomic E-state index is -0.860. The van der Waals surface area contributed by atoms with E-state index in [-0.39, 0.29) is 18.4 Å². The lowest BCUT2D eigenvalue weighted by Crippen LogP contribution is -2.30. The zero-order chi connectivity index (χ0) is 17.4. The number of carbonyl (C=O) groups excluding carboxylic acids is 1. The number of rotatable bonds is 8. The highest BCUT2D eigenvalue weighted by molar-refractivity contribution is 5.79. The lowest BCUT2D eigenvalue weighted by molar-refractivity contribution is -0.137. The molecular weight excluding hydrogens is 302 g/mol. The highest BCUT2D eigenvalue weighted by Crippen LogP contribution is 2.18. The molecule has 0 bridgehead atoms. The summed E-state index contributed by atoms with van der Waals surface area (Å²) in [6, 6.07) is 17.2. The SMILES string of the molecule is CCc1cccc(CC(=O)NC(CCC(=O)O)c2ccccc2)c1. The number of aryl methyl sites for hydroxylation is 1. The molecule has 2 aromatic carbocycles. The molecule has 0 heterocycles. The molecule has 0 aliphatic carbocycles. The van der Waals surface area contributed by atoms with Crippen molar-refractivity contribution >= 4 is 11.9 Å². The summed E-state index contributed by atoms with van der Waals surface area (Å²) in [4.78, 5) is 23.3. The van der Waals surface area contributed by atoms with Crippen LogP contribution in [-0.4, -0.2) is 17.0 Å². The van der Waals surface area contributed by atoms with Gasteiger partial charge in [0.15, 0.2) is 0 Å². The molecule has 126 valence electrons. The highest BCUT2D eigenvalue weighted by Gasteiger charge is 2.16. The van der Waals surface area contributed by atoms with Gasteiger partial charge in [0.25, 0.3) is 0 Å². The second-order valence-corrected chi connectivity index (χ2v) is 5.81. The summed E-state index contributed by atoms with van der Waals surface area (Å²) in [5.41, 5.74) is 3.09. The summed E-state index contributed by atoms with van der Waals surface area (Å²) in [7, 11) is 0. The van der Waals surface area contributed by atoms with Crippen LogP contribution in [0.2, 0.25) is 0 Å². The van der Waals surface area contributed by atoms with Crippen LogP contribution < -0.4 is 5.32 Å². The fraction of sp³-hybridized carbons (Fsp3) is 0.300. The number of benzene rings is 2. The van der Waals surface area contributed by atoms with Crippen molar-refractivity contribution in [1.29, 1.82) is 0 Å². The zero-order valence-corrected chi connectivity index (χ0v) is 13.9. The van der Waals surface area contributed by atoms with Crippen molar-refractivity contribution in [3.63, 3.8) is 0 Å². The third-order valence-corrected chi connectivity index (χ3v) is 3.95. The van der Waals surface area contributed by atoms with Crippen LogP contribution in [0.5, 0.6) is 0 Å². The molecule has 0 fully saturated rings. The molecule has 4 nitrogen and oxygen atoms in total. The van der Waals surface area contributed by atoms with Gasteiger partial charge in [0, 0.05) is 6.42 Å². The van der Waals surface area contributed by atoms with Crippen molar-refractivity contribution in [3.05, 3.63) is 71.3 Å². The van der Waals surface area contributed by atoms with Gasteiger partial charge in [-0.1, -0.05) is 61.5 Å². The molecule has 2 rings (SSSR count). The van der Waals surface area contributed by atoms with Crippen molar-refractivity contribution in [2.75, 3.05) is 0 Å². The molecule has 4 heteroatoms. The average molecular weight is 325 g/mol. The maximum Gasteiger partial charge on any atom is 0.303 e. The normalized spacial score (nSPS) is 11.7. The van der Waals surface area contributed by atoms with E-state index in [0.29, 0.717) is 12.8 Å². The van der Waals surface area contributed by atoms with E-state index in [0.717, 1.165) is 17.5 Å². The number of nitrogens with one attached hydrogen (secondary N) is 1. The van der Waals surface area contributed by atoms with Gasteiger partial charge in [-0.25, -0.2) is 0 Å². The molecule has 0 spiro atoms. The van der Waals surface area contributed by atoms with Crippen molar-refractivity contribution in [2.45, 2.75) is 38.6 Å². The summed E-state index contributed by atoms with van der Waals surface area (Å²) in [6.07, 6.45) is 1.62. The van der Waals surface area contributed by atoms with E-state index < -0.39 is 5.97 Å². The van der Waals surface area contributed by atoms with E-state index in [1.54, 1.807) is 0 Å². The first kappa shape index (κ1) is 17.7. The van der Waals surface area contributed by atoms with Gasteiger partial charge in [-0.3, -0.25) is 9.59 Å². The molecule has 0 saturated heterocycles. The zero-order valence-electron chi connectivity index (χ0n) is 13.9. The standard InChI is InChI=1S/C20H23NO3/c1-2-15-7-6-8-16(13-15)14-19(22)21-18(11-12-20(23)24)17-9-4-3-5-10-17/h3-10,13,18H,2,11-12,14H2,1H3,(H,21,22)(H,23,24). The Bertz CT molecular complexity index is 682. The summed E-state index contributed by atoms with van der Waals surface area (Å²) in [5.74, 6) is -0.955. The molecule has 0 aliphatic heterocycles. The van der Waals surface area contributed by atoms with E-state index in [9.17, 15) is 9.59 Å². The summed E-state index contributed by atoms with van der Waals surface area (Å²) in [6.45, 7) is 2.08. The van der Waals surface area contributed by atoms with Gasteiger partial charge in [0.2, 0.25) is 5.91 Å². The lowest BCUT2D eigenvalue weighted by atomic mass is 10.0. The molecular formula is C20H23NO3. The van der Waals surface area contributed by atoms with Gasteiger partial charge < -0.3 is 10.4 Å². The Morgan fingerprint density at radius 1 is 1.04 bits per heavy atom. The van der Waals surface area contributed by atoms with E-state index in [1.165, 1.54) is 5.56 Å². The largest absolute Gasteiger partial charge is 0.481 e. The minimum Gasteiger partial charge on any atom is -0.481 e. The van der Waals surface area contributed by atoms with E-state index in [1.807, 2.05) is 54.6 Å². The maximum absolute atomic E-state index is 12.4. The fourth-order valence-corrected chi connectivity index (χ4v) is 2.67. The smallest absolute Gasteiger partial charge is 0.303 e. The average Bonchev–Trinajstić information content (AvgIpc) is 2.59. The van der Waals surface area contributed by atoms with E-state index in [2.05, 4.69) is 12.2 Å². The Morgan fingerprint density at radius 2 is 1.75 bits per heavy atom. The first-order valence-electron chi connectivity index (χ1n) is 8.22. The number of aliphatic carboxylic acids is 1. The van der Waals surface area contributed by atoms with Crippen LogP contribution in [0, 0.1) is 0 Å². The predicted molar refractivity (Wildman–Crippen MR) is 93.7 cm³/mol. The van der Waals surface area contributed by atoms with E-state index >= 15 is 0 Å². The maximum atomic E-state index is 12.4. The molecule has 1 atom stereocenters. The van der Waals surface area contributed by atoms with Crippen LogP contribution in [0.15, 0.2) is 54.6 Å². The summed E-state index contributed by atoms with van der Waals surface area (Å²) < 4.78 is 0. The molecule has 0 aromatic heterocycles. The van der Waals surface area contributed by atoms with Crippen LogP contribution in [0.4, 0.5) is 0 Å². The summed E-state index contributed by atoms with van der Waals surface area (Å²) >= 11 is 0. The second kappa shape index (κ2) is 8.87. The Labute approximate surface area is 142 Å². The lowest BCUT2D eigenvalue weighted by Gasteiger charge is -2.18. The Morgan fingerprint density at radius 3 is 2.42 bits per heavy atom. The van der Waals surface area contributed by atoms with Crippen molar-refractivity contribution in [1.82, 2.24) is 5.32 Å². The van der Waals surface area contributed by atoms with E-state index in [4.69, 9.17) is 5.11 Å². The van der Waals surface area contributed by atoms with Gasteiger partial charge in [-0.05, 0) is 29.5 Å². The molecule has 0 saturated carbocycles. The first-order valence-corrected chi connectivity index (χ1v) is 8.22. The second-order valence-electron chi connectivity index (χ2n) is 5.81. The van der Waals surface area contributed by atoms with Crippen molar-refractivity contribution in [2.24, 2.45) is 0 Å². The minimum absolute atomic E-state index is 0.0190. The van der Waals surface area contributed by atoms with Gasteiger partial charge in [0.05, 0.1) is 12.5 Å². The fourth-order valence-electron chi connectivity index (χ4n) is 2.67. The van der Waals surface area contributed by atoms with Crippen molar-refractivity contribution < 1.29 is 14.7 Å². The Balaban J connectivity index is 2.04. The van der Waals surface area contributed by atoms with Gasteiger partial charge in [0.1, 0.15) is 0 Å². The predicted octanol–water partition coefficient (Wildman–Crippen LogP) is 3.51. The number of carbonyl (C=O) groups is 2. The molecule has 0 aliphatic rings. The van der Waals surface area contributed by atoms with Gasteiger partial charge in [-0.15, -0.1) is 0 Å².